The summed E-state index contributed by atoms with van der Waals surface area (Å²) < 4.78 is 20.9. The van der Waals surface area contributed by atoms with Crippen LogP contribution < -0.4 is 14.2 Å². The molecule has 0 radical (unpaired) electrons. The topological polar surface area (TPSA) is 71.1 Å². The lowest BCUT2D eigenvalue weighted by molar-refractivity contribution is -0.144. The summed E-state index contributed by atoms with van der Waals surface area (Å²) in [4.78, 5) is 24.2. The van der Waals surface area contributed by atoms with E-state index in [1.54, 1.807) is 36.4 Å². The van der Waals surface area contributed by atoms with E-state index in [0.29, 0.717) is 29.2 Å². The predicted molar refractivity (Wildman–Crippen MR) is 77.5 cm³/mol. The zero-order valence-corrected chi connectivity index (χ0v) is 12.0. The van der Waals surface area contributed by atoms with Crippen LogP contribution in [0.3, 0.4) is 0 Å². The molecule has 0 N–H and O–H groups in total. The molecule has 2 aromatic rings. The van der Waals surface area contributed by atoms with Gasteiger partial charge in [-0.1, -0.05) is 18.2 Å². The van der Waals surface area contributed by atoms with Crippen molar-refractivity contribution in [2.45, 2.75) is 12.5 Å². The monoisotopic (exact) mass is 312 g/mol. The van der Waals surface area contributed by atoms with Gasteiger partial charge < -0.3 is 18.9 Å². The normalized spacial score (nSPS) is 18.1. The molecule has 2 aliphatic rings. The molecule has 0 unspecified atom stereocenters. The highest BCUT2D eigenvalue weighted by Gasteiger charge is 2.32. The zero-order chi connectivity index (χ0) is 15.8. The molecular weight excluding hydrogens is 300 g/mol. The largest absolute Gasteiger partial charge is 0.454 e. The summed E-state index contributed by atoms with van der Waals surface area (Å²) in [6, 6.07) is 11.9. The molecule has 4 rings (SSSR count). The van der Waals surface area contributed by atoms with Crippen molar-refractivity contribution in [3.63, 3.8) is 0 Å². The summed E-state index contributed by atoms with van der Waals surface area (Å²) in [5, 5.41) is 0. The molecule has 2 aliphatic heterocycles. The Hall–Kier alpha value is -3.02. The molecular formula is C17H12O6. The predicted octanol–water partition coefficient (Wildman–Crippen LogP) is 2.10. The molecule has 6 heteroatoms. The highest BCUT2D eigenvalue weighted by molar-refractivity contribution is 5.95. The molecule has 1 atom stereocenters. The lowest BCUT2D eigenvalue weighted by Gasteiger charge is -2.23. The van der Waals surface area contributed by atoms with E-state index >= 15 is 0 Å². The third-order valence-corrected chi connectivity index (χ3v) is 3.72. The number of rotatable bonds is 2. The number of hydrogen-bond donors (Lipinski definition) is 0. The maximum atomic E-state index is 12.3. The molecule has 0 saturated carbocycles. The van der Waals surface area contributed by atoms with Crippen molar-refractivity contribution in [3.8, 4) is 17.2 Å². The van der Waals surface area contributed by atoms with Crippen molar-refractivity contribution in [1.29, 1.82) is 0 Å². The van der Waals surface area contributed by atoms with Gasteiger partial charge in [-0.05, 0) is 23.8 Å². The Balaban J connectivity index is 1.51. The third-order valence-electron chi connectivity index (χ3n) is 3.72. The van der Waals surface area contributed by atoms with Gasteiger partial charge >= 0.3 is 11.9 Å². The minimum atomic E-state index is -0.956. The van der Waals surface area contributed by atoms with Crippen molar-refractivity contribution < 1.29 is 28.5 Å². The van der Waals surface area contributed by atoms with E-state index in [4.69, 9.17) is 18.9 Å². The van der Waals surface area contributed by atoms with E-state index in [-0.39, 0.29) is 6.79 Å². The smallest absolute Gasteiger partial charge is 0.353 e. The van der Waals surface area contributed by atoms with Crippen molar-refractivity contribution in [2.75, 3.05) is 6.79 Å². The molecule has 23 heavy (non-hydrogen) atoms. The van der Waals surface area contributed by atoms with Crippen LogP contribution in [-0.2, 0) is 16.0 Å². The summed E-state index contributed by atoms with van der Waals surface area (Å²) in [5.74, 6) is 0.296. The van der Waals surface area contributed by atoms with Crippen LogP contribution in [0.4, 0.5) is 0 Å². The number of benzene rings is 2. The highest BCUT2D eigenvalue weighted by atomic mass is 16.7. The Morgan fingerprint density at radius 2 is 1.91 bits per heavy atom. The molecule has 2 heterocycles. The summed E-state index contributed by atoms with van der Waals surface area (Å²) in [5.41, 5.74) is 1.26. The standard InChI is InChI=1S/C17H12O6/c18-16-12-4-2-1-3-10(12)7-15(23-16)17(19)22-11-5-6-13-14(8-11)21-9-20-13/h1-6,8,15H,7,9H2/t15-/m0/s1. The number of ether oxygens (including phenoxy) is 4. The molecule has 2 aromatic carbocycles. The first-order valence-corrected chi connectivity index (χ1v) is 7.11. The van der Waals surface area contributed by atoms with Gasteiger partial charge in [-0.15, -0.1) is 0 Å². The fourth-order valence-corrected chi connectivity index (χ4v) is 2.59. The molecule has 116 valence electrons. The van der Waals surface area contributed by atoms with Gasteiger partial charge in [-0.2, -0.15) is 0 Å². The van der Waals surface area contributed by atoms with Gasteiger partial charge in [0.1, 0.15) is 5.75 Å². The van der Waals surface area contributed by atoms with E-state index in [0.717, 1.165) is 5.56 Å². The fourth-order valence-electron chi connectivity index (χ4n) is 2.59. The lowest BCUT2D eigenvalue weighted by Crippen LogP contribution is -2.36. The van der Waals surface area contributed by atoms with Crippen LogP contribution in [-0.4, -0.2) is 24.8 Å². The second-order valence-corrected chi connectivity index (χ2v) is 5.19. The maximum absolute atomic E-state index is 12.3. The summed E-state index contributed by atoms with van der Waals surface area (Å²) in [6.07, 6.45) is -0.659. The molecule has 0 saturated heterocycles. The first kappa shape index (κ1) is 13.6. The van der Waals surface area contributed by atoms with E-state index in [1.807, 2.05) is 6.07 Å². The average molecular weight is 312 g/mol. The SMILES string of the molecule is O=C1O[C@H](C(=O)Oc2ccc3c(c2)OCO3)Cc2ccccc21. The highest BCUT2D eigenvalue weighted by Crippen LogP contribution is 2.35. The van der Waals surface area contributed by atoms with Gasteiger partial charge in [0, 0.05) is 12.5 Å². The first-order chi connectivity index (χ1) is 11.2. The maximum Gasteiger partial charge on any atom is 0.353 e. The van der Waals surface area contributed by atoms with Crippen LogP contribution in [0.5, 0.6) is 17.2 Å². The van der Waals surface area contributed by atoms with Crippen molar-refractivity contribution in [3.05, 3.63) is 53.6 Å². The van der Waals surface area contributed by atoms with Crippen LogP contribution in [0.25, 0.3) is 0 Å². The second-order valence-electron chi connectivity index (χ2n) is 5.19. The van der Waals surface area contributed by atoms with Crippen LogP contribution in [0, 0.1) is 0 Å². The quantitative estimate of drug-likeness (QED) is 0.625. The number of cyclic esters (lactones) is 1. The van der Waals surface area contributed by atoms with E-state index < -0.39 is 18.0 Å². The second kappa shape index (κ2) is 5.31. The Kier molecular flexibility index (Phi) is 3.15. The molecule has 0 amide bonds. The minimum absolute atomic E-state index is 0.143. The number of hydrogen-bond acceptors (Lipinski definition) is 6. The van der Waals surface area contributed by atoms with Crippen LogP contribution in [0.1, 0.15) is 15.9 Å². The van der Waals surface area contributed by atoms with E-state index in [1.165, 1.54) is 0 Å². The Morgan fingerprint density at radius 1 is 1.09 bits per heavy atom. The average Bonchev–Trinajstić information content (AvgIpc) is 3.02. The van der Waals surface area contributed by atoms with Crippen LogP contribution in [0.2, 0.25) is 0 Å². The van der Waals surface area contributed by atoms with Crippen LogP contribution >= 0.6 is 0 Å². The molecule has 6 nitrogen and oxygen atoms in total. The molecule has 0 fully saturated rings. The van der Waals surface area contributed by atoms with Gasteiger partial charge in [0.2, 0.25) is 12.9 Å². The van der Waals surface area contributed by atoms with E-state index in [2.05, 4.69) is 0 Å². The first-order valence-electron chi connectivity index (χ1n) is 7.11. The molecule has 0 aliphatic carbocycles. The Morgan fingerprint density at radius 3 is 2.83 bits per heavy atom. The number of fused-ring (bicyclic) bond motifs is 2. The van der Waals surface area contributed by atoms with Gasteiger partial charge in [-0.25, -0.2) is 9.59 Å². The summed E-state index contributed by atoms with van der Waals surface area (Å²) >= 11 is 0. The summed E-state index contributed by atoms with van der Waals surface area (Å²) in [7, 11) is 0. The third kappa shape index (κ3) is 2.48. The summed E-state index contributed by atoms with van der Waals surface area (Å²) in [6.45, 7) is 0.143. The fraction of sp³-hybridized carbons (Fsp3) is 0.176. The molecule has 0 aromatic heterocycles. The Labute approximate surface area is 131 Å². The van der Waals surface area contributed by atoms with Crippen LogP contribution in [0.15, 0.2) is 42.5 Å². The van der Waals surface area contributed by atoms with Gasteiger partial charge in [0.25, 0.3) is 0 Å². The van der Waals surface area contributed by atoms with Gasteiger partial charge in [0.05, 0.1) is 5.56 Å². The minimum Gasteiger partial charge on any atom is -0.454 e. The Bertz CT molecular complexity index is 797. The van der Waals surface area contributed by atoms with E-state index in [9.17, 15) is 9.59 Å². The number of carbonyl (C=O) groups is 2. The zero-order valence-electron chi connectivity index (χ0n) is 12.0. The van der Waals surface area contributed by atoms with Crippen molar-refractivity contribution >= 4 is 11.9 Å². The van der Waals surface area contributed by atoms with Crippen molar-refractivity contribution in [2.24, 2.45) is 0 Å². The molecule has 0 spiro atoms. The van der Waals surface area contributed by atoms with Gasteiger partial charge in [-0.3, -0.25) is 0 Å². The molecule has 0 bridgehead atoms. The number of esters is 2. The number of carbonyl (C=O) groups excluding carboxylic acids is 2. The van der Waals surface area contributed by atoms with Crippen molar-refractivity contribution in [1.82, 2.24) is 0 Å². The van der Waals surface area contributed by atoms with Gasteiger partial charge in [0.15, 0.2) is 11.5 Å². The lowest BCUT2D eigenvalue weighted by atomic mass is 9.99.